The smallest absolute Gasteiger partial charge is 0.0171 e. The van der Waals surface area contributed by atoms with Crippen LogP contribution in [0.3, 0.4) is 0 Å². The quantitative estimate of drug-likeness (QED) is 0.658. The van der Waals surface area contributed by atoms with E-state index in [1.165, 1.54) is 21.4 Å². The predicted molar refractivity (Wildman–Crippen MR) is 84.9 cm³/mol. The molecule has 0 saturated carbocycles. The Bertz CT molecular complexity index is 454. The van der Waals surface area contributed by atoms with Crippen LogP contribution >= 0.6 is 0 Å². The Hall–Kier alpha value is -0.823. The molecule has 0 spiro atoms. The Morgan fingerprint density at radius 1 is 0.833 bits per heavy atom. The molecule has 0 bridgehead atoms. The molecule has 0 heterocycles. The summed E-state index contributed by atoms with van der Waals surface area (Å²) in [5, 5.41) is 0. The van der Waals surface area contributed by atoms with Crippen molar-refractivity contribution in [2.24, 2.45) is 11.8 Å². The number of hydrogen-bond donors (Lipinski definition) is 0. The third kappa shape index (κ3) is 1.99. The molecule has 0 nitrogen and oxygen atoms in total. The minimum absolute atomic E-state index is 0.640. The molecule has 0 aromatic carbocycles. The molecule has 0 aliphatic heterocycles. The zero-order valence-corrected chi connectivity index (χ0v) is 14.9. The molecule has 2 aliphatic carbocycles. The van der Waals surface area contributed by atoms with E-state index in [0.29, 0.717) is 11.8 Å². The van der Waals surface area contributed by atoms with Gasteiger partial charge in [0, 0.05) is 10.2 Å². The summed E-state index contributed by atoms with van der Waals surface area (Å²) in [6.07, 6.45) is 4.87. The summed E-state index contributed by atoms with van der Waals surface area (Å²) >= 11 is 0. The van der Waals surface area contributed by atoms with E-state index in [4.69, 9.17) is 0 Å². The predicted octanol–water partition coefficient (Wildman–Crippen LogP) is 3.97. The van der Waals surface area contributed by atoms with E-state index in [9.17, 15) is 0 Å². The van der Waals surface area contributed by atoms with Crippen LogP contribution in [0.1, 0.15) is 41.5 Å². The van der Waals surface area contributed by atoms with Gasteiger partial charge in [-0.25, -0.2) is 0 Å². The van der Waals surface area contributed by atoms with E-state index < -0.39 is 0 Å². The van der Waals surface area contributed by atoms with Crippen LogP contribution in [0.25, 0.3) is 0 Å². The van der Waals surface area contributed by atoms with Crippen molar-refractivity contribution < 1.29 is 0 Å². The molecule has 0 aromatic rings. The van der Waals surface area contributed by atoms with Crippen molar-refractivity contribution in [1.82, 2.24) is 0 Å². The Labute approximate surface area is 115 Å². The molecule has 1 heteroatoms. The van der Waals surface area contributed by atoms with E-state index in [-0.39, 0.29) is 0 Å². The summed E-state index contributed by atoms with van der Waals surface area (Å²) in [5.41, 5.74) is 10.2. The molecule has 0 amide bonds. The maximum atomic E-state index is 2.44. The first kappa shape index (κ1) is 13.6. The van der Waals surface area contributed by atoms with Crippen molar-refractivity contribution in [1.29, 1.82) is 0 Å². The van der Waals surface area contributed by atoms with Gasteiger partial charge in [-0.2, -0.15) is 0 Å². The standard InChI is InChI=1S/C17H26Si/c1-9-7-11(3)15(13(9)5)17(18)16-12(4)8-10(2)14(16)6/h7-8,11-12,17H,1-6,18H3. The van der Waals surface area contributed by atoms with Crippen molar-refractivity contribution in [3.8, 4) is 0 Å². The molecule has 98 valence electrons. The van der Waals surface area contributed by atoms with E-state index in [2.05, 4.69) is 53.7 Å². The zero-order valence-electron chi connectivity index (χ0n) is 12.9. The average Bonchev–Trinajstić information content (AvgIpc) is 2.66. The van der Waals surface area contributed by atoms with Crippen molar-refractivity contribution in [3.05, 3.63) is 45.6 Å². The lowest BCUT2D eigenvalue weighted by atomic mass is 9.88. The van der Waals surface area contributed by atoms with Gasteiger partial charge < -0.3 is 0 Å². The Kier molecular flexibility index (Phi) is 3.55. The number of rotatable bonds is 2. The molecule has 2 atom stereocenters. The molecule has 0 aromatic heterocycles. The van der Waals surface area contributed by atoms with E-state index >= 15 is 0 Å². The van der Waals surface area contributed by atoms with Gasteiger partial charge in [-0.3, -0.25) is 0 Å². The minimum Gasteiger partial charge on any atom is -0.0744 e. The van der Waals surface area contributed by atoms with Gasteiger partial charge in [0.2, 0.25) is 0 Å². The fourth-order valence-corrected chi connectivity index (χ4v) is 5.84. The second kappa shape index (κ2) is 4.69. The molecule has 0 radical (unpaired) electrons. The van der Waals surface area contributed by atoms with Crippen LogP contribution in [-0.2, 0) is 0 Å². The summed E-state index contributed by atoms with van der Waals surface area (Å²) in [7, 11) is 1.23. The normalized spacial score (nSPS) is 30.1. The highest BCUT2D eigenvalue weighted by molar-refractivity contribution is 6.16. The van der Waals surface area contributed by atoms with Crippen molar-refractivity contribution >= 4 is 10.2 Å². The van der Waals surface area contributed by atoms with Crippen molar-refractivity contribution in [2.75, 3.05) is 0 Å². The van der Waals surface area contributed by atoms with Gasteiger partial charge in [-0.15, -0.1) is 0 Å². The third-order valence-electron chi connectivity index (χ3n) is 4.96. The lowest BCUT2D eigenvalue weighted by Gasteiger charge is -2.24. The van der Waals surface area contributed by atoms with Gasteiger partial charge in [0.1, 0.15) is 0 Å². The highest BCUT2D eigenvalue weighted by Crippen LogP contribution is 2.46. The first-order chi connectivity index (χ1) is 8.34. The van der Waals surface area contributed by atoms with Gasteiger partial charge in [0.15, 0.2) is 0 Å². The zero-order chi connectivity index (χ0) is 13.6. The van der Waals surface area contributed by atoms with Crippen LogP contribution < -0.4 is 0 Å². The first-order valence-electron chi connectivity index (χ1n) is 7.13. The summed E-state index contributed by atoms with van der Waals surface area (Å²) in [6, 6.07) is 0. The fraction of sp³-hybridized carbons (Fsp3) is 0.529. The molecule has 2 rings (SSSR count). The van der Waals surface area contributed by atoms with Gasteiger partial charge in [-0.05, 0) is 56.2 Å². The molecule has 0 N–H and O–H groups in total. The summed E-state index contributed by atoms with van der Waals surface area (Å²) < 4.78 is 0. The second-order valence-electron chi connectivity index (χ2n) is 6.16. The van der Waals surface area contributed by atoms with Crippen molar-refractivity contribution in [2.45, 2.75) is 47.1 Å². The summed E-state index contributed by atoms with van der Waals surface area (Å²) in [6.45, 7) is 13.9. The van der Waals surface area contributed by atoms with E-state index in [1.54, 1.807) is 22.3 Å². The minimum atomic E-state index is 0.640. The Morgan fingerprint density at radius 3 is 1.39 bits per heavy atom. The lowest BCUT2D eigenvalue weighted by molar-refractivity contribution is 0.763. The van der Waals surface area contributed by atoms with Crippen LogP contribution in [0, 0.1) is 11.8 Å². The second-order valence-corrected chi connectivity index (χ2v) is 7.31. The summed E-state index contributed by atoms with van der Waals surface area (Å²) in [4.78, 5) is 0. The maximum absolute atomic E-state index is 2.44. The number of hydrogen-bond acceptors (Lipinski definition) is 0. The van der Waals surface area contributed by atoms with Crippen LogP contribution in [-0.4, -0.2) is 10.2 Å². The molecule has 2 unspecified atom stereocenters. The van der Waals surface area contributed by atoms with Crippen LogP contribution in [0.2, 0.25) is 5.54 Å². The summed E-state index contributed by atoms with van der Waals surface area (Å²) in [5.74, 6) is 1.28. The fourth-order valence-electron chi connectivity index (χ4n) is 3.92. The van der Waals surface area contributed by atoms with Gasteiger partial charge in [-0.1, -0.05) is 48.3 Å². The van der Waals surface area contributed by atoms with Crippen LogP contribution in [0.4, 0.5) is 0 Å². The molecule has 0 saturated heterocycles. The highest BCUT2D eigenvalue weighted by Gasteiger charge is 2.30. The van der Waals surface area contributed by atoms with Crippen molar-refractivity contribution in [3.63, 3.8) is 0 Å². The average molecular weight is 258 g/mol. The number of allylic oxidation sites excluding steroid dienone is 8. The van der Waals surface area contributed by atoms with Crippen LogP contribution in [0.15, 0.2) is 45.6 Å². The molecular weight excluding hydrogens is 232 g/mol. The van der Waals surface area contributed by atoms with Gasteiger partial charge in [0.25, 0.3) is 0 Å². The van der Waals surface area contributed by atoms with Gasteiger partial charge in [0.05, 0.1) is 0 Å². The third-order valence-corrected chi connectivity index (χ3v) is 6.21. The van der Waals surface area contributed by atoms with Gasteiger partial charge >= 0.3 is 0 Å². The van der Waals surface area contributed by atoms with Crippen LogP contribution in [0.5, 0.6) is 0 Å². The molecule has 2 aliphatic rings. The topological polar surface area (TPSA) is 0 Å². The molecular formula is C17H26Si. The maximum Gasteiger partial charge on any atom is 0.0171 e. The highest BCUT2D eigenvalue weighted by atomic mass is 28.1. The molecule has 18 heavy (non-hydrogen) atoms. The van der Waals surface area contributed by atoms with E-state index in [0.717, 1.165) is 5.54 Å². The first-order valence-corrected chi connectivity index (χ1v) is 8.29. The Morgan fingerprint density at radius 2 is 1.17 bits per heavy atom. The Balaban J connectivity index is 2.39. The SMILES string of the molecule is CC1=CC(C)C(C([SiH3])C2=C(C)C(C)=CC2C)=C1C. The monoisotopic (exact) mass is 258 g/mol. The van der Waals surface area contributed by atoms with E-state index in [1.807, 2.05) is 0 Å². The lowest BCUT2D eigenvalue weighted by Crippen LogP contribution is -2.10. The molecule has 0 fully saturated rings. The largest absolute Gasteiger partial charge is 0.0744 e.